The predicted molar refractivity (Wildman–Crippen MR) is 78.7 cm³/mol. The van der Waals surface area contributed by atoms with E-state index >= 15 is 0 Å². The highest BCUT2D eigenvalue weighted by molar-refractivity contribution is 6.06. The van der Waals surface area contributed by atoms with E-state index in [9.17, 15) is 27.6 Å². The minimum Gasteiger partial charge on any atom is -0.493 e. The topological polar surface area (TPSA) is 75.7 Å². The van der Waals surface area contributed by atoms with Gasteiger partial charge in [0.1, 0.15) is 17.4 Å². The number of hydrogen-bond acceptors (Lipinski definition) is 4. The third-order valence-corrected chi connectivity index (χ3v) is 4.24. The average molecular weight is 356 g/mol. The minimum atomic E-state index is -4.77. The van der Waals surface area contributed by atoms with Gasteiger partial charge in [0.05, 0.1) is 12.2 Å². The number of benzene rings is 1. The van der Waals surface area contributed by atoms with Crippen molar-refractivity contribution in [3.63, 3.8) is 0 Å². The zero-order chi connectivity index (χ0) is 18.4. The largest absolute Gasteiger partial charge is 0.493 e. The Morgan fingerprint density at radius 3 is 2.60 bits per heavy atom. The van der Waals surface area contributed by atoms with E-state index in [1.54, 1.807) is 6.92 Å². The molecule has 0 bridgehead atoms. The van der Waals surface area contributed by atoms with Crippen LogP contribution < -0.4 is 10.1 Å². The van der Waals surface area contributed by atoms with E-state index < -0.39 is 46.8 Å². The molecule has 0 aromatic heterocycles. The Hall–Kier alpha value is -2.58. The van der Waals surface area contributed by atoms with Crippen LogP contribution in [-0.2, 0) is 22.3 Å². The second-order valence-corrected chi connectivity index (χ2v) is 5.80. The third-order valence-electron chi connectivity index (χ3n) is 4.24. The smallest absolute Gasteiger partial charge is 0.420 e. The van der Waals surface area contributed by atoms with E-state index in [-0.39, 0.29) is 31.6 Å². The molecule has 0 spiro atoms. The van der Waals surface area contributed by atoms with Gasteiger partial charge in [-0.05, 0) is 25.0 Å². The monoisotopic (exact) mass is 356 g/mol. The SMILES string of the molecule is CCOc1ccc2c(c1C(F)(F)F)C(=O)N(C1CCC(=O)NC1=O)C2. The van der Waals surface area contributed by atoms with Gasteiger partial charge in [0.15, 0.2) is 0 Å². The predicted octanol–water partition coefficient (Wildman–Crippen LogP) is 1.87. The molecule has 134 valence electrons. The number of imide groups is 1. The highest BCUT2D eigenvalue weighted by Gasteiger charge is 2.46. The highest BCUT2D eigenvalue weighted by Crippen LogP contribution is 2.43. The molecule has 2 aliphatic heterocycles. The summed E-state index contributed by atoms with van der Waals surface area (Å²) in [5.74, 6) is -2.42. The number of nitrogens with one attached hydrogen (secondary N) is 1. The molecule has 0 radical (unpaired) electrons. The van der Waals surface area contributed by atoms with Crippen molar-refractivity contribution in [1.82, 2.24) is 10.2 Å². The lowest BCUT2D eigenvalue weighted by molar-refractivity contribution is -0.139. The zero-order valence-electron chi connectivity index (χ0n) is 13.3. The van der Waals surface area contributed by atoms with Gasteiger partial charge in [-0.25, -0.2) is 0 Å². The number of rotatable bonds is 3. The van der Waals surface area contributed by atoms with E-state index in [1.807, 2.05) is 0 Å². The number of amides is 3. The summed E-state index contributed by atoms with van der Waals surface area (Å²) in [6.45, 7) is 1.45. The van der Waals surface area contributed by atoms with Gasteiger partial charge < -0.3 is 9.64 Å². The second-order valence-electron chi connectivity index (χ2n) is 5.80. The molecule has 3 amide bonds. The van der Waals surface area contributed by atoms with Gasteiger partial charge in [0, 0.05) is 13.0 Å². The summed E-state index contributed by atoms with van der Waals surface area (Å²) >= 11 is 0. The van der Waals surface area contributed by atoms with Gasteiger partial charge >= 0.3 is 6.18 Å². The van der Waals surface area contributed by atoms with Crippen molar-refractivity contribution in [3.05, 3.63) is 28.8 Å². The number of nitrogens with zero attached hydrogens (tertiary/aromatic N) is 1. The van der Waals surface area contributed by atoms with Gasteiger partial charge in [-0.2, -0.15) is 13.2 Å². The Morgan fingerprint density at radius 2 is 2.00 bits per heavy atom. The van der Waals surface area contributed by atoms with Crippen molar-refractivity contribution in [2.45, 2.75) is 38.5 Å². The lowest BCUT2D eigenvalue weighted by atomic mass is 10.0. The molecule has 0 aliphatic carbocycles. The van der Waals surface area contributed by atoms with Gasteiger partial charge in [-0.15, -0.1) is 0 Å². The molecule has 25 heavy (non-hydrogen) atoms. The zero-order valence-corrected chi connectivity index (χ0v) is 13.3. The summed E-state index contributed by atoms with van der Waals surface area (Å²) < 4.78 is 45.6. The number of fused-ring (bicyclic) bond motifs is 1. The molecule has 1 aromatic carbocycles. The minimum absolute atomic E-state index is 0.0207. The van der Waals surface area contributed by atoms with E-state index in [1.165, 1.54) is 12.1 Å². The second kappa shape index (κ2) is 6.05. The maximum absolute atomic E-state index is 13.5. The molecule has 1 aromatic rings. The summed E-state index contributed by atoms with van der Waals surface area (Å²) in [5.41, 5.74) is -1.42. The molecule has 3 rings (SSSR count). The van der Waals surface area contributed by atoms with E-state index in [0.717, 1.165) is 4.90 Å². The van der Waals surface area contributed by atoms with Crippen LogP contribution in [0.15, 0.2) is 12.1 Å². The van der Waals surface area contributed by atoms with Gasteiger partial charge in [-0.1, -0.05) is 6.07 Å². The average Bonchev–Trinajstić information content (AvgIpc) is 2.83. The number of carbonyl (C=O) groups is 3. The van der Waals surface area contributed by atoms with Gasteiger partial charge in [-0.3, -0.25) is 19.7 Å². The molecular formula is C16H15F3N2O4. The number of ether oxygens (including phenoxy) is 1. The molecule has 1 saturated heterocycles. The molecule has 6 nitrogen and oxygen atoms in total. The van der Waals surface area contributed by atoms with Crippen LogP contribution in [0, 0.1) is 0 Å². The normalized spacial score (nSPS) is 20.6. The number of carbonyl (C=O) groups excluding carboxylic acids is 3. The maximum Gasteiger partial charge on any atom is 0.420 e. The fraction of sp³-hybridized carbons (Fsp3) is 0.438. The summed E-state index contributed by atoms with van der Waals surface area (Å²) in [4.78, 5) is 36.9. The van der Waals surface area contributed by atoms with Crippen LogP contribution in [0.3, 0.4) is 0 Å². The highest BCUT2D eigenvalue weighted by atomic mass is 19.4. The molecule has 2 aliphatic rings. The first kappa shape index (κ1) is 17.2. The molecule has 0 saturated carbocycles. The van der Waals surface area contributed by atoms with Gasteiger partial charge in [0.25, 0.3) is 5.91 Å². The first-order chi connectivity index (χ1) is 11.7. The molecule has 1 fully saturated rings. The number of alkyl halides is 3. The van der Waals surface area contributed by atoms with E-state index in [4.69, 9.17) is 4.74 Å². The standard InChI is InChI=1S/C16H15F3N2O4/c1-2-25-10-5-3-8-7-21(9-4-6-11(22)20-14(9)23)15(24)12(8)13(10)16(17,18)19/h3,5,9H,2,4,6-7H2,1H3,(H,20,22,23). The Kier molecular flexibility index (Phi) is 4.18. The Bertz CT molecular complexity index is 760. The molecule has 1 atom stereocenters. The number of piperidine rings is 1. The van der Waals surface area contributed by atoms with Crippen molar-refractivity contribution < 1.29 is 32.3 Å². The van der Waals surface area contributed by atoms with Crippen LogP contribution >= 0.6 is 0 Å². The summed E-state index contributed by atoms with van der Waals surface area (Å²) in [6.07, 6.45) is -4.65. The third kappa shape index (κ3) is 2.94. The Balaban J connectivity index is 2.01. The van der Waals surface area contributed by atoms with Crippen LogP contribution in [0.5, 0.6) is 5.75 Å². The summed E-state index contributed by atoms with van der Waals surface area (Å²) in [7, 11) is 0. The summed E-state index contributed by atoms with van der Waals surface area (Å²) in [5, 5.41) is 2.11. The van der Waals surface area contributed by atoms with Crippen LogP contribution in [0.4, 0.5) is 13.2 Å². The van der Waals surface area contributed by atoms with Crippen LogP contribution in [0.1, 0.15) is 41.3 Å². The van der Waals surface area contributed by atoms with Crippen molar-refractivity contribution in [2.75, 3.05) is 6.61 Å². The van der Waals surface area contributed by atoms with Crippen LogP contribution in [0.2, 0.25) is 0 Å². The van der Waals surface area contributed by atoms with Crippen molar-refractivity contribution >= 4 is 17.7 Å². The van der Waals surface area contributed by atoms with Crippen molar-refractivity contribution in [3.8, 4) is 5.75 Å². The lowest BCUT2D eigenvalue weighted by Crippen LogP contribution is -2.52. The number of halogens is 3. The molecule has 1 N–H and O–H groups in total. The lowest BCUT2D eigenvalue weighted by Gasteiger charge is -2.29. The van der Waals surface area contributed by atoms with Crippen LogP contribution in [-0.4, -0.2) is 35.3 Å². The first-order valence-electron chi connectivity index (χ1n) is 7.74. The van der Waals surface area contributed by atoms with Crippen LogP contribution in [0.25, 0.3) is 0 Å². The Labute approximate surface area is 140 Å². The number of hydrogen-bond donors (Lipinski definition) is 1. The van der Waals surface area contributed by atoms with E-state index in [2.05, 4.69) is 5.32 Å². The molecule has 1 unspecified atom stereocenters. The van der Waals surface area contributed by atoms with E-state index in [0.29, 0.717) is 0 Å². The maximum atomic E-state index is 13.5. The molecule has 2 heterocycles. The quantitative estimate of drug-likeness (QED) is 0.839. The van der Waals surface area contributed by atoms with Crippen molar-refractivity contribution in [2.24, 2.45) is 0 Å². The van der Waals surface area contributed by atoms with Gasteiger partial charge in [0.2, 0.25) is 11.8 Å². The van der Waals surface area contributed by atoms with Crippen molar-refractivity contribution in [1.29, 1.82) is 0 Å². The first-order valence-corrected chi connectivity index (χ1v) is 7.74. The fourth-order valence-corrected chi connectivity index (χ4v) is 3.19. The fourth-order valence-electron chi connectivity index (χ4n) is 3.19. The molecule has 9 heteroatoms. The molecular weight excluding hydrogens is 341 g/mol. The summed E-state index contributed by atoms with van der Waals surface area (Å²) in [6, 6.07) is 1.63. The Morgan fingerprint density at radius 1 is 1.28 bits per heavy atom.